The molecule has 1 rings (SSSR count). The lowest BCUT2D eigenvalue weighted by molar-refractivity contribution is 0.850. The SMILES string of the molecule is N#CCCCc1ccc(Cl)c(Cl)c1. The fourth-order valence-corrected chi connectivity index (χ4v) is 1.39. The van der Waals surface area contributed by atoms with Gasteiger partial charge in [0.1, 0.15) is 0 Å². The lowest BCUT2D eigenvalue weighted by atomic mass is 10.1. The van der Waals surface area contributed by atoms with Crippen molar-refractivity contribution in [2.75, 3.05) is 0 Å². The van der Waals surface area contributed by atoms with Gasteiger partial charge in [0.25, 0.3) is 0 Å². The normalized spacial score (nSPS) is 9.62. The molecule has 0 saturated carbocycles. The van der Waals surface area contributed by atoms with Crippen molar-refractivity contribution >= 4 is 23.2 Å². The van der Waals surface area contributed by atoms with Crippen LogP contribution >= 0.6 is 23.2 Å². The highest BCUT2D eigenvalue weighted by molar-refractivity contribution is 6.42. The molecule has 0 aliphatic heterocycles. The van der Waals surface area contributed by atoms with Gasteiger partial charge in [0.15, 0.2) is 0 Å². The minimum atomic E-state index is 0.575. The third-order valence-electron chi connectivity index (χ3n) is 1.74. The van der Waals surface area contributed by atoms with E-state index in [1.54, 1.807) is 6.07 Å². The fourth-order valence-electron chi connectivity index (χ4n) is 1.07. The molecule has 0 spiro atoms. The third-order valence-corrected chi connectivity index (χ3v) is 2.48. The quantitative estimate of drug-likeness (QED) is 0.701. The van der Waals surface area contributed by atoms with Crippen LogP contribution in [0.15, 0.2) is 18.2 Å². The predicted octanol–water partition coefficient (Wildman–Crippen LogP) is 3.84. The molecule has 0 atom stereocenters. The summed E-state index contributed by atoms with van der Waals surface area (Å²) < 4.78 is 0. The van der Waals surface area contributed by atoms with E-state index in [1.807, 2.05) is 12.1 Å². The van der Waals surface area contributed by atoms with Crippen molar-refractivity contribution in [3.63, 3.8) is 0 Å². The predicted molar refractivity (Wildman–Crippen MR) is 55.0 cm³/mol. The van der Waals surface area contributed by atoms with E-state index < -0.39 is 0 Å². The molecule has 0 bridgehead atoms. The molecule has 0 saturated heterocycles. The van der Waals surface area contributed by atoms with Crippen LogP contribution in [0.5, 0.6) is 0 Å². The van der Waals surface area contributed by atoms with Gasteiger partial charge in [-0.1, -0.05) is 29.3 Å². The number of hydrogen-bond donors (Lipinski definition) is 0. The minimum absolute atomic E-state index is 0.575. The molecule has 0 amide bonds. The van der Waals surface area contributed by atoms with Gasteiger partial charge in [-0.05, 0) is 30.5 Å². The Labute approximate surface area is 87.9 Å². The summed E-state index contributed by atoms with van der Waals surface area (Å²) in [6, 6.07) is 7.67. The molecular weight excluding hydrogens is 205 g/mol. The number of unbranched alkanes of at least 4 members (excludes halogenated alkanes) is 1. The van der Waals surface area contributed by atoms with E-state index in [-0.39, 0.29) is 0 Å². The van der Waals surface area contributed by atoms with Crippen molar-refractivity contribution in [3.05, 3.63) is 33.8 Å². The Morgan fingerprint density at radius 3 is 2.62 bits per heavy atom. The Morgan fingerprint density at radius 2 is 2.00 bits per heavy atom. The maximum Gasteiger partial charge on any atom is 0.0621 e. The molecular formula is C10H9Cl2N. The molecule has 1 aromatic rings. The summed E-state index contributed by atoms with van der Waals surface area (Å²) in [4.78, 5) is 0. The van der Waals surface area contributed by atoms with Crippen molar-refractivity contribution in [1.29, 1.82) is 5.26 Å². The highest BCUT2D eigenvalue weighted by Crippen LogP contribution is 2.23. The van der Waals surface area contributed by atoms with E-state index in [4.69, 9.17) is 28.5 Å². The van der Waals surface area contributed by atoms with Gasteiger partial charge < -0.3 is 0 Å². The van der Waals surface area contributed by atoms with Crippen LogP contribution in [0, 0.1) is 11.3 Å². The van der Waals surface area contributed by atoms with E-state index in [0.717, 1.165) is 18.4 Å². The largest absolute Gasteiger partial charge is 0.198 e. The van der Waals surface area contributed by atoms with E-state index in [0.29, 0.717) is 16.5 Å². The number of benzene rings is 1. The van der Waals surface area contributed by atoms with Crippen LogP contribution in [0.3, 0.4) is 0 Å². The van der Waals surface area contributed by atoms with Crippen molar-refractivity contribution < 1.29 is 0 Å². The van der Waals surface area contributed by atoms with E-state index >= 15 is 0 Å². The number of nitriles is 1. The second-order valence-corrected chi connectivity index (χ2v) is 3.57. The maximum absolute atomic E-state index is 8.35. The van der Waals surface area contributed by atoms with Gasteiger partial charge in [-0.3, -0.25) is 0 Å². The summed E-state index contributed by atoms with van der Waals surface area (Å²) in [5, 5.41) is 9.50. The highest BCUT2D eigenvalue weighted by Gasteiger charge is 1.98. The molecule has 3 heteroatoms. The molecule has 1 nitrogen and oxygen atoms in total. The summed E-state index contributed by atoms with van der Waals surface area (Å²) in [6.45, 7) is 0. The van der Waals surface area contributed by atoms with E-state index in [2.05, 4.69) is 6.07 Å². The third kappa shape index (κ3) is 3.26. The van der Waals surface area contributed by atoms with Gasteiger partial charge in [-0.2, -0.15) is 5.26 Å². The summed E-state index contributed by atoms with van der Waals surface area (Å²) in [5.74, 6) is 0. The second kappa shape index (κ2) is 5.11. The van der Waals surface area contributed by atoms with Crippen molar-refractivity contribution in [2.24, 2.45) is 0 Å². The fraction of sp³-hybridized carbons (Fsp3) is 0.300. The topological polar surface area (TPSA) is 23.8 Å². The average molecular weight is 214 g/mol. The molecule has 0 fully saturated rings. The monoisotopic (exact) mass is 213 g/mol. The lowest BCUT2D eigenvalue weighted by Crippen LogP contribution is -1.84. The van der Waals surface area contributed by atoms with Crippen LogP contribution in [-0.2, 0) is 6.42 Å². The molecule has 0 heterocycles. The smallest absolute Gasteiger partial charge is 0.0621 e. The molecule has 0 aromatic heterocycles. The van der Waals surface area contributed by atoms with Gasteiger partial charge >= 0.3 is 0 Å². The number of nitrogens with zero attached hydrogens (tertiary/aromatic N) is 1. The Balaban J connectivity index is 2.59. The van der Waals surface area contributed by atoms with Crippen LogP contribution in [0.25, 0.3) is 0 Å². The summed E-state index contributed by atoms with van der Waals surface area (Å²) >= 11 is 11.6. The van der Waals surface area contributed by atoms with Gasteiger partial charge in [-0.25, -0.2) is 0 Å². The van der Waals surface area contributed by atoms with Gasteiger partial charge in [0, 0.05) is 6.42 Å². The van der Waals surface area contributed by atoms with Crippen LogP contribution < -0.4 is 0 Å². The zero-order chi connectivity index (χ0) is 9.68. The number of rotatable bonds is 3. The zero-order valence-electron chi connectivity index (χ0n) is 7.06. The van der Waals surface area contributed by atoms with Crippen LogP contribution in [-0.4, -0.2) is 0 Å². The zero-order valence-corrected chi connectivity index (χ0v) is 8.57. The number of aryl methyl sites for hydroxylation is 1. The minimum Gasteiger partial charge on any atom is -0.198 e. The maximum atomic E-state index is 8.35. The van der Waals surface area contributed by atoms with E-state index in [1.165, 1.54) is 0 Å². The van der Waals surface area contributed by atoms with Crippen molar-refractivity contribution in [1.82, 2.24) is 0 Å². The van der Waals surface area contributed by atoms with Gasteiger partial charge in [0.05, 0.1) is 16.1 Å². The molecule has 0 aliphatic rings. The van der Waals surface area contributed by atoms with E-state index in [9.17, 15) is 0 Å². The first-order valence-electron chi connectivity index (χ1n) is 4.05. The van der Waals surface area contributed by atoms with Crippen molar-refractivity contribution in [3.8, 4) is 6.07 Å². The summed E-state index contributed by atoms with van der Waals surface area (Å²) in [7, 11) is 0. The van der Waals surface area contributed by atoms with Crippen molar-refractivity contribution in [2.45, 2.75) is 19.3 Å². The number of halogens is 2. The molecule has 0 N–H and O–H groups in total. The van der Waals surface area contributed by atoms with Gasteiger partial charge in [0.2, 0.25) is 0 Å². The average Bonchev–Trinajstić information content (AvgIpc) is 2.12. The Kier molecular flexibility index (Phi) is 4.08. The Hall–Kier alpha value is -0.710. The molecule has 0 radical (unpaired) electrons. The molecule has 0 aliphatic carbocycles. The lowest BCUT2D eigenvalue weighted by Gasteiger charge is -2.00. The van der Waals surface area contributed by atoms with Crippen LogP contribution in [0.4, 0.5) is 0 Å². The van der Waals surface area contributed by atoms with Gasteiger partial charge in [-0.15, -0.1) is 0 Å². The molecule has 1 aromatic carbocycles. The first-order valence-corrected chi connectivity index (χ1v) is 4.80. The highest BCUT2D eigenvalue weighted by atomic mass is 35.5. The first-order chi connectivity index (χ1) is 6.24. The van der Waals surface area contributed by atoms with Crippen LogP contribution in [0.1, 0.15) is 18.4 Å². The Bertz CT molecular complexity index is 328. The molecule has 13 heavy (non-hydrogen) atoms. The standard InChI is InChI=1S/C10H9Cl2N/c11-9-5-4-8(7-10(9)12)3-1-2-6-13/h4-5,7H,1-3H2. The molecule has 68 valence electrons. The van der Waals surface area contributed by atoms with Crippen LogP contribution in [0.2, 0.25) is 10.0 Å². The summed E-state index contributed by atoms with van der Waals surface area (Å²) in [6.07, 6.45) is 2.33. The second-order valence-electron chi connectivity index (χ2n) is 2.76. The Morgan fingerprint density at radius 1 is 1.23 bits per heavy atom. The number of hydrogen-bond acceptors (Lipinski definition) is 1. The summed E-state index contributed by atoms with van der Waals surface area (Å²) in [5.41, 5.74) is 1.13. The first kappa shape index (κ1) is 10.4. The molecule has 0 unspecified atom stereocenters.